The molecule has 0 spiro atoms. The third-order valence-electron chi connectivity index (χ3n) is 2.80. The Bertz CT molecular complexity index is 573. The van der Waals surface area contributed by atoms with Gasteiger partial charge in [0, 0.05) is 19.3 Å². The molecule has 1 heterocycles. The van der Waals surface area contributed by atoms with Gasteiger partial charge in [-0.15, -0.1) is 0 Å². The minimum atomic E-state index is -4.35. The zero-order chi connectivity index (χ0) is 14.0. The number of alkyl halides is 3. The fourth-order valence-corrected chi connectivity index (χ4v) is 1.85. The van der Waals surface area contributed by atoms with Crippen LogP contribution in [0, 0.1) is 6.92 Å². The van der Waals surface area contributed by atoms with Gasteiger partial charge in [0.2, 0.25) is 0 Å². The van der Waals surface area contributed by atoms with Crippen molar-refractivity contribution < 1.29 is 13.2 Å². The highest BCUT2D eigenvalue weighted by Crippen LogP contribution is 2.33. The van der Waals surface area contributed by atoms with E-state index in [1.165, 1.54) is 10.7 Å². The summed E-state index contributed by atoms with van der Waals surface area (Å²) >= 11 is 0. The number of hydrogen-bond acceptors (Lipinski definition) is 2. The van der Waals surface area contributed by atoms with Crippen LogP contribution < -0.4 is 5.32 Å². The van der Waals surface area contributed by atoms with E-state index in [-0.39, 0.29) is 12.1 Å². The van der Waals surface area contributed by atoms with Gasteiger partial charge in [-0.05, 0) is 18.6 Å². The molecule has 0 aliphatic carbocycles. The number of aryl methyl sites for hydroxylation is 1. The Morgan fingerprint density at radius 3 is 2.58 bits per heavy atom. The number of rotatable bonds is 3. The molecule has 6 heteroatoms. The summed E-state index contributed by atoms with van der Waals surface area (Å²) in [5.41, 5.74) is 0.199. The molecule has 0 aliphatic heterocycles. The van der Waals surface area contributed by atoms with Gasteiger partial charge in [-0.25, -0.2) is 0 Å². The summed E-state index contributed by atoms with van der Waals surface area (Å²) in [4.78, 5) is 0. The van der Waals surface area contributed by atoms with Crippen LogP contribution in [0.5, 0.6) is 0 Å². The van der Waals surface area contributed by atoms with Gasteiger partial charge in [-0.2, -0.15) is 18.3 Å². The SMILES string of the molecule is CNc1ccn(Cc2ccc(C)cc2C(F)(F)F)n1. The van der Waals surface area contributed by atoms with Gasteiger partial charge in [-0.1, -0.05) is 17.7 Å². The van der Waals surface area contributed by atoms with Crippen molar-refractivity contribution in [3.63, 3.8) is 0 Å². The first kappa shape index (κ1) is 13.5. The van der Waals surface area contributed by atoms with E-state index in [9.17, 15) is 13.2 Å². The third-order valence-corrected chi connectivity index (χ3v) is 2.80. The molecule has 19 heavy (non-hydrogen) atoms. The summed E-state index contributed by atoms with van der Waals surface area (Å²) in [6, 6.07) is 6.05. The second-order valence-electron chi connectivity index (χ2n) is 4.31. The fraction of sp³-hybridized carbons (Fsp3) is 0.308. The quantitative estimate of drug-likeness (QED) is 0.926. The van der Waals surface area contributed by atoms with E-state index in [1.54, 1.807) is 32.3 Å². The van der Waals surface area contributed by atoms with Gasteiger partial charge < -0.3 is 5.32 Å². The summed E-state index contributed by atoms with van der Waals surface area (Å²) in [5, 5.41) is 6.94. The molecule has 1 aromatic heterocycles. The van der Waals surface area contributed by atoms with Gasteiger partial charge in [-0.3, -0.25) is 4.68 Å². The van der Waals surface area contributed by atoms with Crippen LogP contribution in [0.15, 0.2) is 30.5 Å². The molecule has 0 aliphatic rings. The van der Waals surface area contributed by atoms with Gasteiger partial charge in [0.05, 0.1) is 12.1 Å². The number of benzene rings is 1. The minimum absolute atomic E-state index is 0.0941. The van der Waals surface area contributed by atoms with Crippen LogP contribution in [-0.4, -0.2) is 16.8 Å². The maximum absolute atomic E-state index is 13.0. The van der Waals surface area contributed by atoms with Gasteiger partial charge in [0.15, 0.2) is 0 Å². The van der Waals surface area contributed by atoms with Crippen molar-refractivity contribution in [3.8, 4) is 0 Å². The van der Waals surface area contributed by atoms with E-state index >= 15 is 0 Å². The number of halogens is 3. The van der Waals surface area contributed by atoms with Crippen molar-refractivity contribution in [1.82, 2.24) is 9.78 Å². The molecule has 0 saturated heterocycles. The number of anilines is 1. The number of aromatic nitrogens is 2. The Morgan fingerprint density at radius 1 is 1.26 bits per heavy atom. The summed E-state index contributed by atoms with van der Waals surface area (Å²) < 4.78 is 40.4. The van der Waals surface area contributed by atoms with Crippen LogP contribution in [-0.2, 0) is 12.7 Å². The zero-order valence-electron chi connectivity index (χ0n) is 10.6. The highest BCUT2D eigenvalue weighted by Gasteiger charge is 2.33. The average molecular weight is 269 g/mol. The predicted molar refractivity (Wildman–Crippen MR) is 67.1 cm³/mol. The van der Waals surface area contributed by atoms with Crippen molar-refractivity contribution in [2.75, 3.05) is 12.4 Å². The molecular formula is C13H14F3N3. The molecule has 2 aromatic rings. The second kappa shape index (κ2) is 4.95. The first-order valence-corrected chi connectivity index (χ1v) is 5.78. The Morgan fingerprint density at radius 2 is 2.00 bits per heavy atom. The molecule has 0 radical (unpaired) electrons. The van der Waals surface area contributed by atoms with Crippen molar-refractivity contribution in [1.29, 1.82) is 0 Å². The molecule has 0 amide bonds. The molecule has 0 bridgehead atoms. The maximum Gasteiger partial charge on any atom is 0.416 e. The lowest BCUT2D eigenvalue weighted by Gasteiger charge is -2.13. The smallest absolute Gasteiger partial charge is 0.372 e. The summed E-state index contributed by atoms with van der Waals surface area (Å²) in [5.74, 6) is 0.626. The van der Waals surface area contributed by atoms with Crippen molar-refractivity contribution in [2.45, 2.75) is 19.6 Å². The fourth-order valence-electron chi connectivity index (χ4n) is 1.85. The molecule has 0 atom stereocenters. The van der Waals surface area contributed by atoms with Crippen LogP contribution >= 0.6 is 0 Å². The highest BCUT2D eigenvalue weighted by molar-refractivity contribution is 5.35. The Kier molecular flexibility index (Phi) is 3.50. The first-order valence-electron chi connectivity index (χ1n) is 5.78. The Labute approximate surface area is 109 Å². The molecule has 3 nitrogen and oxygen atoms in total. The van der Waals surface area contributed by atoms with Crippen molar-refractivity contribution in [2.24, 2.45) is 0 Å². The van der Waals surface area contributed by atoms with Crippen molar-refractivity contribution >= 4 is 5.82 Å². The van der Waals surface area contributed by atoms with E-state index in [2.05, 4.69) is 10.4 Å². The van der Waals surface area contributed by atoms with E-state index < -0.39 is 11.7 Å². The Hall–Kier alpha value is -1.98. The van der Waals surface area contributed by atoms with Crippen LogP contribution in [0.3, 0.4) is 0 Å². The second-order valence-corrected chi connectivity index (χ2v) is 4.31. The number of hydrogen-bond donors (Lipinski definition) is 1. The summed E-state index contributed by atoms with van der Waals surface area (Å²) in [6.07, 6.45) is -2.70. The molecule has 2 rings (SSSR count). The lowest BCUT2D eigenvalue weighted by atomic mass is 10.0. The number of nitrogens with zero attached hydrogens (tertiary/aromatic N) is 2. The lowest BCUT2D eigenvalue weighted by molar-refractivity contribution is -0.138. The van der Waals surface area contributed by atoms with E-state index in [1.807, 2.05) is 0 Å². The molecular weight excluding hydrogens is 255 g/mol. The van der Waals surface area contributed by atoms with Gasteiger partial charge in [0.1, 0.15) is 5.82 Å². The Balaban J connectivity index is 2.34. The van der Waals surface area contributed by atoms with Crippen LogP contribution in [0.2, 0.25) is 0 Å². The topological polar surface area (TPSA) is 29.9 Å². The third kappa shape index (κ3) is 3.07. The van der Waals surface area contributed by atoms with Gasteiger partial charge in [0.25, 0.3) is 0 Å². The monoisotopic (exact) mass is 269 g/mol. The molecule has 1 aromatic carbocycles. The molecule has 0 saturated carbocycles. The molecule has 0 fully saturated rings. The van der Waals surface area contributed by atoms with Gasteiger partial charge >= 0.3 is 6.18 Å². The van der Waals surface area contributed by atoms with E-state index in [0.717, 1.165) is 6.07 Å². The zero-order valence-corrected chi connectivity index (χ0v) is 10.6. The van der Waals surface area contributed by atoms with Crippen LogP contribution in [0.25, 0.3) is 0 Å². The predicted octanol–water partition coefficient (Wildman–Crippen LogP) is 3.30. The first-order chi connectivity index (χ1) is 8.90. The van der Waals surface area contributed by atoms with E-state index in [4.69, 9.17) is 0 Å². The minimum Gasteiger partial charge on any atom is -0.372 e. The molecule has 0 unspecified atom stereocenters. The number of nitrogens with one attached hydrogen (secondary N) is 1. The standard InChI is InChI=1S/C13H14F3N3/c1-9-3-4-10(11(7-9)13(14,15)16)8-19-6-5-12(17-2)18-19/h3-7H,8H2,1-2H3,(H,17,18). The normalized spacial score (nSPS) is 11.6. The van der Waals surface area contributed by atoms with Crippen molar-refractivity contribution in [3.05, 3.63) is 47.2 Å². The van der Waals surface area contributed by atoms with E-state index in [0.29, 0.717) is 11.4 Å². The molecule has 102 valence electrons. The summed E-state index contributed by atoms with van der Waals surface area (Å²) in [6.45, 7) is 1.74. The molecule has 1 N–H and O–H groups in total. The van der Waals surface area contributed by atoms with Crippen LogP contribution in [0.4, 0.5) is 19.0 Å². The summed E-state index contributed by atoms with van der Waals surface area (Å²) in [7, 11) is 1.71. The lowest BCUT2D eigenvalue weighted by Crippen LogP contribution is -2.12. The van der Waals surface area contributed by atoms with Crippen LogP contribution in [0.1, 0.15) is 16.7 Å². The average Bonchev–Trinajstić information content (AvgIpc) is 2.78. The largest absolute Gasteiger partial charge is 0.416 e. The highest BCUT2D eigenvalue weighted by atomic mass is 19.4. The maximum atomic E-state index is 13.0.